The molecule has 1 aliphatic rings. The zero-order valence-corrected chi connectivity index (χ0v) is 11.3. The fourth-order valence-electron chi connectivity index (χ4n) is 2.36. The van der Waals surface area contributed by atoms with Crippen LogP contribution in [-0.4, -0.2) is 31.5 Å². The van der Waals surface area contributed by atoms with Gasteiger partial charge in [0.05, 0.1) is 5.75 Å². The Bertz CT molecular complexity index is 586. The number of hydrogen-bond acceptors (Lipinski definition) is 4. The van der Waals surface area contributed by atoms with Gasteiger partial charge in [-0.3, -0.25) is 4.79 Å². The highest BCUT2D eigenvalue weighted by molar-refractivity contribution is 7.89. The summed E-state index contributed by atoms with van der Waals surface area (Å²) in [5.74, 6) is -0.411. The molecule has 0 radical (unpaired) electrons. The van der Waals surface area contributed by atoms with Crippen molar-refractivity contribution in [2.75, 3.05) is 18.0 Å². The van der Waals surface area contributed by atoms with Gasteiger partial charge < -0.3 is 10.6 Å². The molecule has 2 rings (SSSR count). The van der Waals surface area contributed by atoms with Crippen molar-refractivity contribution in [3.8, 4) is 0 Å². The van der Waals surface area contributed by atoms with Gasteiger partial charge >= 0.3 is 0 Å². The summed E-state index contributed by atoms with van der Waals surface area (Å²) in [6.07, 6.45) is 0.235. The van der Waals surface area contributed by atoms with Crippen LogP contribution in [0.1, 0.15) is 12.0 Å². The fourth-order valence-corrected chi connectivity index (χ4v) is 3.24. The quantitative estimate of drug-likeness (QED) is 0.753. The number of anilines is 1. The van der Waals surface area contributed by atoms with E-state index in [9.17, 15) is 13.2 Å². The van der Waals surface area contributed by atoms with Gasteiger partial charge in [0, 0.05) is 31.1 Å². The van der Waals surface area contributed by atoms with Crippen molar-refractivity contribution in [1.82, 2.24) is 4.90 Å². The summed E-state index contributed by atoms with van der Waals surface area (Å²) in [6, 6.07) is 7.29. The molecule has 1 unspecified atom stereocenters. The van der Waals surface area contributed by atoms with Crippen LogP contribution in [0.5, 0.6) is 0 Å². The Labute approximate surface area is 112 Å². The molecule has 7 heteroatoms. The lowest BCUT2D eigenvalue weighted by atomic mass is 10.1. The summed E-state index contributed by atoms with van der Waals surface area (Å²) in [6.45, 7) is 0.870. The lowest BCUT2D eigenvalue weighted by molar-refractivity contribution is -0.128. The summed E-state index contributed by atoms with van der Waals surface area (Å²) in [4.78, 5) is 13.5. The number of carbonyl (C=O) groups is 1. The monoisotopic (exact) mass is 283 g/mol. The summed E-state index contributed by atoms with van der Waals surface area (Å²) in [5, 5.41) is 5.00. The molecule has 0 bridgehead atoms. The van der Waals surface area contributed by atoms with E-state index >= 15 is 0 Å². The average Bonchev–Trinajstić information content (AvgIpc) is 2.56. The number of hydrogen-bond donors (Lipinski definition) is 2. The molecular weight excluding hydrogens is 266 g/mol. The summed E-state index contributed by atoms with van der Waals surface area (Å²) in [7, 11) is -3.53. The number of carbonyl (C=O) groups excluding carboxylic acids is 1. The standard InChI is InChI=1S/C12H17N3O3S/c13-11-3-1-2-9(4-11)6-15-7-10(5-12(15)16)8-19(14,17)18/h1-4,10H,5-8,13H2,(H2,14,17,18). The second-order valence-electron chi connectivity index (χ2n) is 4.92. The van der Waals surface area contributed by atoms with Gasteiger partial charge in [0.1, 0.15) is 0 Å². The van der Waals surface area contributed by atoms with Crippen LogP contribution in [0.3, 0.4) is 0 Å². The lowest BCUT2D eigenvalue weighted by Gasteiger charge is -2.16. The molecule has 104 valence electrons. The predicted molar refractivity (Wildman–Crippen MR) is 72.4 cm³/mol. The van der Waals surface area contributed by atoms with Gasteiger partial charge in [-0.05, 0) is 17.7 Å². The number of primary sulfonamides is 1. The van der Waals surface area contributed by atoms with Crippen LogP contribution in [0.15, 0.2) is 24.3 Å². The summed E-state index contributed by atoms with van der Waals surface area (Å²) < 4.78 is 22.1. The Morgan fingerprint density at radius 3 is 2.74 bits per heavy atom. The van der Waals surface area contributed by atoms with Crippen molar-refractivity contribution < 1.29 is 13.2 Å². The minimum absolute atomic E-state index is 0.0453. The molecule has 1 aromatic carbocycles. The van der Waals surface area contributed by atoms with E-state index in [1.54, 1.807) is 17.0 Å². The molecule has 0 saturated carbocycles. The number of amides is 1. The first-order valence-corrected chi connectivity index (χ1v) is 7.68. The summed E-state index contributed by atoms with van der Waals surface area (Å²) >= 11 is 0. The highest BCUT2D eigenvalue weighted by atomic mass is 32.2. The van der Waals surface area contributed by atoms with Gasteiger partial charge in [0.15, 0.2) is 0 Å². The van der Waals surface area contributed by atoms with Gasteiger partial charge in [-0.15, -0.1) is 0 Å². The first kappa shape index (κ1) is 13.8. The van der Waals surface area contributed by atoms with Gasteiger partial charge in [-0.25, -0.2) is 13.6 Å². The van der Waals surface area contributed by atoms with Gasteiger partial charge in [-0.1, -0.05) is 12.1 Å². The van der Waals surface area contributed by atoms with Crippen molar-refractivity contribution >= 4 is 21.6 Å². The van der Waals surface area contributed by atoms with Crippen LogP contribution in [0.4, 0.5) is 5.69 Å². The summed E-state index contributed by atoms with van der Waals surface area (Å²) in [5.41, 5.74) is 7.26. The molecule has 1 amide bonds. The molecule has 1 aromatic rings. The van der Waals surface area contributed by atoms with Crippen molar-refractivity contribution in [2.45, 2.75) is 13.0 Å². The molecule has 4 N–H and O–H groups in total. The molecule has 1 heterocycles. The lowest BCUT2D eigenvalue weighted by Crippen LogP contribution is -2.27. The number of nitrogens with two attached hydrogens (primary N) is 2. The maximum Gasteiger partial charge on any atom is 0.223 e. The number of nitrogen functional groups attached to an aromatic ring is 1. The zero-order valence-electron chi connectivity index (χ0n) is 10.5. The van der Waals surface area contributed by atoms with Crippen LogP contribution >= 0.6 is 0 Å². The van der Waals surface area contributed by atoms with E-state index in [1.165, 1.54) is 0 Å². The fraction of sp³-hybridized carbons (Fsp3) is 0.417. The molecule has 1 saturated heterocycles. The molecule has 19 heavy (non-hydrogen) atoms. The largest absolute Gasteiger partial charge is 0.399 e. The number of benzene rings is 1. The number of sulfonamides is 1. The third-order valence-electron chi connectivity index (χ3n) is 3.09. The van der Waals surface area contributed by atoms with Crippen molar-refractivity contribution in [3.63, 3.8) is 0 Å². The Morgan fingerprint density at radius 1 is 1.37 bits per heavy atom. The third kappa shape index (κ3) is 3.93. The van der Waals surface area contributed by atoms with E-state index in [-0.39, 0.29) is 24.0 Å². The van der Waals surface area contributed by atoms with Gasteiger partial charge in [-0.2, -0.15) is 0 Å². The normalized spacial score (nSPS) is 19.9. The maximum atomic E-state index is 11.8. The van der Waals surface area contributed by atoms with E-state index in [0.717, 1.165) is 5.56 Å². The van der Waals surface area contributed by atoms with Crippen LogP contribution in [0, 0.1) is 5.92 Å². The molecule has 0 aliphatic carbocycles. The Morgan fingerprint density at radius 2 is 2.11 bits per heavy atom. The first-order valence-electron chi connectivity index (χ1n) is 5.96. The third-order valence-corrected chi connectivity index (χ3v) is 4.02. The predicted octanol–water partition coefficient (Wildman–Crippen LogP) is -0.0942. The SMILES string of the molecule is Nc1cccc(CN2CC(CS(N)(=O)=O)CC2=O)c1. The molecule has 1 aliphatic heterocycles. The molecule has 1 atom stereocenters. The second-order valence-corrected chi connectivity index (χ2v) is 6.58. The topological polar surface area (TPSA) is 106 Å². The van der Waals surface area contributed by atoms with Gasteiger partial charge in [0.25, 0.3) is 0 Å². The number of rotatable bonds is 4. The van der Waals surface area contributed by atoms with E-state index in [1.807, 2.05) is 12.1 Å². The van der Waals surface area contributed by atoms with Crippen molar-refractivity contribution in [2.24, 2.45) is 11.1 Å². The second kappa shape index (κ2) is 5.18. The number of nitrogens with zero attached hydrogens (tertiary/aromatic N) is 1. The molecule has 0 spiro atoms. The van der Waals surface area contributed by atoms with Gasteiger partial charge in [0.2, 0.25) is 15.9 Å². The van der Waals surface area contributed by atoms with Crippen LogP contribution in [0.2, 0.25) is 0 Å². The molecule has 1 fully saturated rings. The highest BCUT2D eigenvalue weighted by Crippen LogP contribution is 2.21. The molecular formula is C12H17N3O3S. The smallest absolute Gasteiger partial charge is 0.223 e. The van der Waals surface area contributed by atoms with E-state index in [2.05, 4.69) is 0 Å². The molecule has 0 aromatic heterocycles. The minimum atomic E-state index is -3.53. The van der Waals surface area contributed by atoms with E-state index in [4.69, 9.17) is 10.9 Å². The van der Waals surface area contributed by atoms with Crippen LogP contribution in [0.25, 0.3) is 0 Å². The van der Waals surface area contributed by atoms with Crippen LogP contribution in [-0.2, 0) is 21.4 Å². The van der Waals surface area contributed by atoms with E-state index < -0.39 is 10.0 Å². The average molecular weight is 283 g/mol. The Hall–Kier alpha value is -1.60. The Kier molecular flexibility index (Phi) is 3.77. The van der Waals surface area contributed by atoms with Crippen molar-refractivity contribution in [3.05, 3.63) is 29.8 Å². The first-order chi connectivity index (χ1) is 8.83. The number of likely N-dealkylation sites (tertiary alicyclic amines) is 1. The zero-order chi connectivity index (χ0) is 14.0. The van der Waals surface area contributed by atoms with E-state index in [0.29, 0.717) is 18.8 Å². The molecule has 6 nitrogen and oxygen atoms in total. The van der Waals surface area contributed by atoms with Crippen molar-refractivity contribution in [1.29, 1.82) is 0 Å². The Balaban J connectivity index is 2.01. The minimum Gasteiger partial charge on any atom is -0.399 e. The van der Waals surface area contributed by atoms with Crippen LogP contribution < -0.4 is 10.9 Å². The highest BCUT2D eigenvalue weighted by Gasteiger charge is 2.31. The maximum absolute atomic E-state index is 11.8.